The quantitative estimate of drug-likeness (QED) is 0.643. The van der Waals surface area contributed by atoms with Gasteiger partial charge in [0.25, 0.3) is 0 Å². The molecule has 0 aromatic heterocycles. The van der Waals surface area contributed by atoms with Crippen molar-refractivity contribution in [1.82, 2.24) is 10.2 Å². The van der Waals surface area contributed by atoms with Crippen LogP contribution in [0.5, 0.6) is 0 Å². The molecule has 0 radical (unpaired) electrons. The summed E-state index contributed by atoms with van der Waals surface area (Å²) in [5.74, 6) is 0. The largest absolute Gasteiger partial charge is 0.406 e. The minimum Gasteiger partial charge on any atom is -0.336 e. The highest BCUT2D eigenvalue weighted by Gasteiger charge is 2.37. The van der Waals surface area contributed by atoms with Crippen LogP contribution in [-0.2, 0) is 0 Å². The molecule has 1 atom stereocenters. The summed E-state index contributed by atoms with van der Waals surface area (Å²) in [7, 11) is 0. The standard InChI is InChI=1S/C6H9F3N2O/c1-4-2-10-5(12)11(4)3-6(7,8)9/h4H,2-3H2,1H3,(H,10,12)/t4-/m1/s1. The number of rotatable bonds is 1. The van der Waals surface area contributed by atoms with E-state index >= 15 is 0 Å². The molecule has 1 heterocycles. The van der Waals surface area contributed by atoms with E-state index in [1.165, 1.54) is 0 Å². The molecule has 1 fully saturated rings. The lowest BCUT2D eigenvalue weighted by Gasteiger charge is -2.20. The topological polar surface area (TPSA) is 32.3 Å². The van der Waals surface area contributed by atoms with Crippen molar-refractivity contribution in [3.63, 3.8) is 0 Å². The maximum absolute atomic E-state index is 11.8. The van der Waals surface area contributed by atoms with E-state index in [4.69, 9.17) is 0 Å². The number of urea groups is 1. The van der Waals surface area contributed by atoms with Crippen LogP contribution in [-0.4, -0.2) is 36.2 Å². The van der Waals surface area contributed by atoms with Gasteiger partial charge in [-0.3, -0.25) is 0 Å². The number of hydrogen-bond acceptors (Lipinski definition) is 1. The normalized spacial score (nSPS) is 24.5. The van der Waals surface area contributed by atoms with E-state index < -0.39 is 18.8 Å². The zero-order chi connectivity index (χ0) is 9.35. The number of nitrogens with one attached hydrogen (secondary N) is 1. The zero-order valence-corrected chi connectivity index (χ0v) is 6.48. The van der Waals surface area contributed by atoms with E-state index in [9.17, 15) is 18.0 Å². The lowest BCUT2D eigenvalue weighted by molar-refractivity contribution is -0.141. The highest BCUT2D eigenvalue weighted by molar-refractivity contribution is 5.76. The summed E-state index contributed by atoms with van der Waals surface area (Å²) in [4.78, 5) is 11.6. The highest BCUT2D eigenvalue weighted by atomic mass is 19.4. The fraction of sp³-hybridized carbons (Fsp3) is 0.833. The Labute approximate surface area is 67.5 Å². The first kappa shape index (κ1) is 9.15. The number of amides is 2. The van der Waals surface area contributed by atoms with Gasteiger partial charge in [0.15, 0.2) is 0 Å². The first-order valence-electron chi connectivity index (χ1n) is 3.51. The summed E-state index contributed by atoms with van der Waals surface area (Å²) < 4.78 is 35.5. The number of carbonyl (C=O) groups excluding carboxylic acids is 1. The molecule has 1 aliphatic heterocycles. The van der Waals surface area contributed by atoms with Crippen LogP contribution in [0.4, 0.5) is 18.0 Å². The summed E-state index contributed by atoms with van der Waals surface area (Å²) in [6.07, 6.45) is -4.31. The van der Waals surface area contributed by atoms with Crippen molar-refractivity contribution in [2.75, 3.05) is 13.1 Å². The van der Waals surface area contributed by atoms with Crippen LogP contribution in [0, 0.1) is 0 Å². The lowest BCUT2D eigenvalue weighted by atomic mass is 10.3. The van der Waals surface area contributed by atoms with Gasteiger partial charge in [-0.15, -0.1) is 0 Å². The monoisotopic (exact) mass is 182 g/mol. The van der Waals surface area contributed by atoms with Crippen LogP contribution in [0.3, 0.4) is 0 Å². The van der Waals surface area contributed by atoms with Gasteiger partial charge in [0, 0.05) is 12.6 Å². The smallest absolute Gasteiger partial charge is 0.336 e. The van der Waals surface area contributed by atoms with Crippen molar-refractivity contribution >= 4 is 6.03 Å². The van der Waals surface area contributed by atoms with Crippen LogP contribution in [0.25, 0.3) is 0 Å². The van der Waals surface area contributed by atoms with E-state index in [-0.39, 0.29) is 12.6 Å². The molecule has 12 heavy (non-hydrogen) atoms. The van der Waals surface area contributed by atoms with E-state index in [1.807, 2.05) is 0 Å². The second-order valence-electron chi connectivity index (χ2n) is 2.78. The van der Waals surface area contributed by atoms with Gasteiger partial charge in [-0.2, -0.15) is 13.2 Å². The van der Waals surface area contributed by atoms with Gasteiger partial charge in [-0.25, -0.2) is 4.79 Å². The van der Waals surface area contributed by atoms with Gasteiger partial charge in [0.05, 0.1) is 0 Å². The number of hydrogen-bond donors (Lipinski definition) is 1. The van der Waals surface area contributed by atoms with Crippen molar-refractivity contribution in [1.29, 1.82) is 0 Å². The predicted molar refractivity (Wildman–Crippen MR) is 35.6 cm³/mol. The molecule has 70 valence electrons. The molecule has 3 nitrogen and oxygen atoms in total. The molecule has 2 amide bonds. The molecule has 0 aliphatic carbocycles. The molecule has 0 aromatic carbocycles. The molecule has 0 unspecified atom stereocenters. The minimum absolute atomic E-state index is 0.287. The average Bonchev–Trinajstić information content (AvgIpc) is 2.16. The van der Waals surface area contributed by atoms with Gasteiger partial charge < -0.3 is 10.2 Å². The molecular formula is C6H9F3N2O. The molecular weight excluding hydrogens is 173 g/mol. The van der Waals surface area contributed by atoms with Crippen LogP contribution in [0.15, 0.2) is 0 Å². The number of halogens is 3. The Morgan fingerprint density at radius 3 is 2.58 bits per heavy atom. The zero-order valence-electron chi connectivity index (χ0n) is 6.48. The highest BCUT2D eigenvalue weighted by Crippen LogP contribution is 2.19. The summed E-state index contributed by atoms with van der Waals surface area (Å²) in [6.45, 7) is 0.693. The van der Waals surface area contributed by atoms with Gasteiger partial charge >= 0.3 is 12.2 Å². The Balaban J connectivity index is 2.56. The molecule has 1 saturated heterocycles. The molecule has 1 aliphatic rings. The SMILES string of the molecule is C[C@@H]1CNC(=O)N1CC(F)(F)F. The minimum atomic E-state index is -4.31. The van der Waals surface area contributed by atoms with Crippen LogP contribution in [0.2, 0.25) is 0 Å². The first-order chi connectivity index (χ1) is 5.40. The molecule has 0 spiro atoms. The Morgan fingerprint density at radius 2 is 2.25 bits per heavy atom. The van der Waals surface area contributed by atoms with Gasteiger partial charge in [-0.1, -0.05) is 0 Å². The maximum Gasteiger partial charge on any atom is 0.406 e. The van der Waals surface area contributed by atoms with Gasteiger partial charge in [0.2, 0.25) is 0 Å². The lowest BCUT2D eigenvalue weighted by Crippen LogP contribution is -2.40. The second kappa shape index (κ2) is 2.84. The maximum atomic E-state index is 11.8. The van der Waals surface area contributed by atoms with Crippen molar-refractivity contribution in [2.45, 2.75) is 19.1 Å². The Morgan fingerprint density at radius 1 is 1.67 bits per heavy atom. The van der Waals surface area contributed by atoms with E-state index in [2.05, 4.69) is 5.32 Å². The third-order valence-corrected chi connectivity index (χ3v) is 1.69. The summed E-state index contributed by atoms with van der Waals surface area (Å²) in [6, 6.07) is -1.01. The fourth-order valence-electron chi connectivity index (χ4n) is 1.07. The molecule has 0 saturated carbocycles. The van der Waals surface area contributed by atoms with Crippen molar-refractivity contribution in [3.05, 3.63) is 0 Å². The summed E-state index contributed by atoms with van der Waals surface area (Å²) in [5, 5.41) is 2.33. The predicted octanol–water partition coefficient (Wildman–Crippen LogP) is 0.962. The molecule has 1 N–H and O–H groups in total. The number of nitrogens with zero attached hydrogens (tertiary/aromatic N) is 1. The third-order valence-electron chi connectivity index (χ3n) is 1.69. The fourth-order valence-corrected chi connectivity index (χ4v) is 1.07. The van der Waals surface area contributed by atoms with E-state index in [0.29, 0.717) is 0 Å². The van der Waals surface area contributed by atoms with Crippen LogP contribution < -0.4 is 5.32 Å². The van der Waals surface area contributed by atoms with Crippen molar-refractivity contribution < 1.29 is 18.0 Å². The Kier molecular flexibility index (Phi) is 2.16. The molecule has 0 bridgehead atoms. The molecule has 6 heteroatoms. The first-order valence-corrected chi connectivity index (χ1v) is 3.51. The Bertz CT molecular complexity index is 192. The van der Waals surface area contributed by atoms with Crippen LogP contribution in [0.1, 0.15) is 6.92 Å². The summed E-state index contributed by atoms with van der Waals surface area (Å²) >= 11 is 0. The van der Waals surface area contributed by atoms with Crippen molar-refractivity contribution in [3.8, 4) is 0 Å². The van der Waals surface area contributed by atoms with E-state index in [1.54, 1.807) is 6.92 Å². The average molecular weight is 182 g/mol. The second-order valence-corrected chi connectivity index (χ2v) is 2.78. The number of alkyl halides is 3. The van der Waals surface area contributed by atoms with Gasteiger partial charge in [-0.05, 0) is 6.92 Å². The van der Waals surface area contributed by atoms with Crippen LogP contribution >= 0.6 is 0 Å². The third kappa shape index (κ3) is 2.02. The molecule has 0 aromatic rings. The molecule has 1 rings (SSSR count). The van der Waals surface area contributed by atoms with Gasteiger partial charge in [0.1, 0.15) is 6.54 Å². The Hall–Kier alpha value is -0.940. The van der Waals surface area contributed by atoms with Crippen molar-refractivity contribution in [2.24, 2.45) is 0 Å². The summed E-state index contributed by atoms with van der Waals surface area (Å²) in [5.41, 5.74) is 0. The number of carbonyl (C=O) groups is 1. The van der Waals surface area contributed by atoms with E-state index in [0.717, 1.165) is 4.90 Å².